The highest BCUT2D eigenvalue weighted by Crippen LogP contribution is 2.25. The highest BCUT2D eigenvalue weighted by molar-refractivity contribution is 5.95. The number of hydrazine groups is 1. The average molecular weight is 585 g/mol. The summed E-state index contributed by atoms with van der Waals surface area (Å²) in [5.74, 6) is 10.8. The van der Waals surface area contributed by atoms with E-state index in [-0.39, 0.29) is 62.2 Å². The normalized spacial score (nSPS) is 11.5. The minimum Gasteiger partial charge on any atom is -0.412 e. The lowest BCUT2D eigenvalue weighted by molar-refractivity contribution is -0.123. The lowest BCUT2D eigenvalue weighted by Crippen LogP contribution is -2.35. The van der Waals surface area contributed by atoms with Gasteiger partial charge in [0.05, 0.1) is 71.5 Å². The molecule has 1 heterocycles. The first kappa shape index (κ1) is 34.4. The molecule has 0 saturated heterocycles. The van der Waals surface area contributed by atoms with Gasteiger partial charge in [-0.25, -0.2) is 5.84 Å². The molecule has 1 aliphatic rings. The Labute approximate surface area is 246 Å². The van der Waals surface area contributed by atoms with Crippen molar-refractivity contribution in [3.8, 4) is 11.8 Å². The van der Waals surface area contributed by atoms with E-state index in [0.29, 0.717) is 46.2 Å². The van der Waals surface area contributed by atoms with Crippen LogP contribution < -0.4 is 21.5 Å². The molecule has 0 atom stereocenters. The van der Waals surface area contributed by atoms with E-state index in [1.165, 1.54) is 0 Å². The number of anilines is 1. The molecule has 3 amide bonds. The quantitative estimate of drug-likeness (QED) is 0.0745. The largest absolute Gasteiger partial charge is 0.412 e. The third-order valence-corrected chi connectivity index (χ3v) is 6.06. The fraction of sp³-hybridized carbons (Fsp3) is 0.433. The SMILES string of the molecule is NNC(=O)CCOCCOCCOCCOCCC(=O)NCCC(=O)N1Cc2ccccc2C#Cc2ccccc21.O. The molecular weight excluding hydrogens is 544 g/mol. The molecule has 2 aromatic carbocycles. The summed E-state index contributed by atoms with van der Waals surface area (Å²) in [6.45, 7) is 3.55. The molecule has 0 unspecified atom stereocenters. The maximum absolute atomic E-state index is 13.2. The molecule has 0 saturated carbocycles. The van der Waals surface area contributed by atoms with Gasteiger partial charge in [0.2, 0.25) is 17.7 Å². The van der Waals surface area contributed by atoms with Gasteiger partial charge < -0.3 is 34.6 Å². The van der Waals surface area contributed by atoms with Crippen molar-refractivity contribution >= 4 is 23.4 Å². The predicted octanol–water partition coefficient (Wildman–Crippen LogP) is 0.451. The number of carbonyl (C=O) groups excluding carboxylic acids is 3. The Bertz CT molecular complexity index is 1200. The van der Waals surface area contributed by atoms with Gasteiger partial charge in [-0.2, -0.15) is 0 Å². The third kappa shape index (κ3) is 12.4. The molecule has 42 heavy (non-hydrogen) atoms. The van der Waals surface area contributed by atoms with E-state index in [0.717, 1.165) is 22.4 Å². The van der Waals surface area contributed by atoms with E-state index in [2.05, 4.69) is 17.2 Å². The van der Waals surface area contributed by atoms with Crippen molar-refractivity contribution in [2.24, 2.45) is 5.84 Å². The number of fused-ring (bicyclic) bond motifs is 2. The van der Waals surface area contributed by atoms with Crippen molar-refractivity contribution in [3.05, 3.63) is 65.2 Å². The molecule has 3 rings (SSSR count). The second kappa shape index (κ2) is 20.1. The van der Waals surface area contributed by atoms with Crippen molar-refractivity contribution in [1.29, 1.82) is 0 Å². The van der Waals surface area contributed by atoms with E-state index in [1.807, 2.05) is 54.0 Å². The molecule has 0 fully saturated rings. The first-order chi connectivity index (χ1) is 20.1. The first-order valence-corrected chi connectivity index (χ1v) is 13.6. The second-order valence-electron chi connectivity index (χ2n) is 9.02. The molecule has 12 heteroatoms. The van der Waals surface area contributed by atoms with Crippen molar-refractivity contribution < 1.29 is 38.8 Å². The molecular formula is C30H40N4O8. The summed E-state index contributed by atoms with van der Waals surface area (Å²) in [4.78, 5) is 38.1. The zero-order chi connectivity index (χ0) is 29.1. The van der Waals surface area contributed by atoms with Gasteiger partial charge >= 0.3 is 0 Å². The van der Waals surface area contributed by atoms with Crippen LogP contribution in [-0.4, -0.2) is 82.6 Å². The van der Waals surface area contributed by atoms with Gasteiger partial charge in [0.15, 0.2) is 0 Å². The van der Waals surface area contributed by atoms with Crippen LogP contribution in [0.15, 0.2) is 48.5 Å². The van der Waals surface area contributed by atoms with Crippen LogP contribution in [0.1, 0.15) is 36.0 Å². The number of amides is 3. The van der Waals surface area contributed by atoms with Crippen molar-refractivity contribution in [1.82, 2.24) is 10.7 Å². The monoisotopic (exact) mass is 584 g/mol. The van der Waals surface area contributed by atoms with Gasteiger partial charge in [0.25, 0.3) is 0 Å². The number of nitrogens with two attached hydrogens (primary N) is 1. The van der Waals surface area contributed by atoms with Gasteiger partial charge in [-0.3, -0.25) is 19.8 Å². The van der Waals surface area contributed by atoms with Crippen LogP contribution in [0.5, 0.6) is 0 Å². The standard InChI is InChI=1S/C30H38N4O7.H2O/c31-33-29(36)13-16-39-18-20-41-22-21-40-19-17-38-15-12-28(35)32-14-11-30(37)34-23-26-7-2-1-5-24(26)9-10-25-6-3-4-8-27(25)34;/h1-8H,11-23,31H2,(H,32,35)(H,33,36);1H2. The number of para-hydroxylation sites is 1. The van der Waals surface area contributed by atoms with E-state index >= 15 is 0 Å². The van der Waals surface area contributed by atoms with Crippen molar-refractivity contribution in [3.63, 3.8) is 0 Å². The third-order valence-electron chi connectivity index (χ3n) is 6.06. The Morgan fingerprint density at radius 3 is 1.88 bits per heavy atom. The number of hydrogen-bond acceptors (Lipinski definition) is 8. The molecule has 1 aliphatic heterocycles. The zero-order valence-electron chi connectivity index (χ0n) is 23.7. The highest BCUT2D eigenvalue weighted by Gasteiger charge is 2.21. The maximum atomic E-state index is 13.2. The van der Waals surface area contributed by atoms with Crippen molar-refractivity contribution in [2.75, 3.05) is 64.3 Å². The highest BCUT2D eigenvalue weighted by atomic mass is 16.6. The van der Waals surface area contributed by atoms with Gasteiger partial charge in [0, 0.05) is 30.5 Å². The molecule has 0 spiro atoms. The fourth-order valence-corrected chi connectivity index (χ4v) is 3.90. The minimum atomic E-state index is -0.275. The number of nitrogens with one attached hydrogen (secondary N) is 2. The van der Waals surface area contributed by atoms with Crippen LogP contribution in [0.4, 0.5) is 5.69 Å². The Kier molecular flexibility index (Phi) is 16.5. The lowest BCUT2D eigenvalue weighted by atomic mass is 10.0. The van der Waals surface area contributed by atoms with Gasteiger partial charge in [0.1, 0.15) is 0 Å². The van der Waals surface area contributed by atoms with E-state index in [1.54, 1.807) is 4.90 Å². The summed E-state index contributed by atoms with van der Waals surface area (Å²) >= 11 is 0. The van der Waals surface area contributed by atoms with Crippen LogP contribution in [0, 0.1) is 11.8 Å². The number of nitrogens with zero attached hydrogens (tertiary/aromatic N) is 1. The first-order valence-electron chi connectivity index (χ1n) is 13.6. The molecule has 0 aromatic heterocycles. The molecule has 0 radical (unpaired) electrons. The van der Waals surface area contributed by atoms with Gasteiger partial charge in [-0.15, -0.1) is 0 Å². The predicted molar refractivity (Wildman–Crippen MR) is 156 cm³/mol. The summed E-state index contributed by atoms with van der Waals surface area (Å²) in [7, 11) is 0. The van der Waals surface area contributed by atoms with Crippen LogP contribution in [-0.2, 0) is 39.9 Å². The summed E-state index contributed by atoms with van der Waals surface area (Å²) in [5.41, 5.74) is 5.49. The number of carbonyl (C=O) groups is 3. The second-order valence-corrected chi connectivity index (χ2v) is 9.02. The Balaban J connectivity index is 0.00000616. The average Bonchev–Trinajstić information content (AvgIpc) is 2.98. The molecule has 0 aliphatic carbocycles. The summed E-state index contributed by atoms with van der Waals surface area (Å²) in [6.07, 6.45) is 0.574. The van der Waals surface area contributed by atoms with Crippen LogP contribution in [0.25, 0.3) is 0 Å². The molecule has 2 aromatic rings. The Hall–Kier alpha value is -3.83. The molecule has 0 bridgehead atoms. The number of hydrogen-bond donors (Lipinski definition) is 3. The number of ether oxygens (including phenoxy) is 4. The zero-order valence-corrected chi connectivity index (χ0v) is 23.7. The lowest BCUT2D eigenvalue weighted by Gasteiger charge is -2.26. The van der Waals surface area contributed by atoms with Crippen LogP contribution in [0.3, 0.4) is 0 Å². The van der Waals surface area contributed by atoms with Crippen LogP contribution in [0.2, 0.25) is 0 Å². The summed E-state index contributed by atoms with van der Waals surface area (Å²) < 4.78 is 21.5. The smallest absolute Gasteiger partial charge is 0.236 e. The van der Waals surface area contributed by atoms with E-state index in [4.69, 9.17) is 24.8 Å². The fourth-order valence-electron chi connectivity index (χ4n) is 3.90. The van der Waals surface area contributed by atoms with Gasteiger partial charge in [-0.05, 0) is 23.8 Å². The van der Waals surface area contributed by atoms with Crippen LogP contribution >= 0.6 is 0 Å². The molecule has 12 nitrogen and oxygen atoms in total. The number of benzene rings is 2. The van der Waals surface area contributed by atoms with E-state index in [9.17, 15) is 14.4 Å². The molecule has 228 valence electrons. The minimum absolute atomic E-state index is 0. The topological polar surface area (TPSA) is 173 Å². The maximum Gasteiger partial charge on any atom is 0.236 e. The number of rotatable bonds is 18. The van der Waals surface area contributed by atoms with E-state index < -0.39 is 0 Å². The summed E-state index contributed by atoms with van der Waals surface area (Å²) in [5, 5.41) is 2.80. The van der Waals surface area contributed by atoms with Crippen molar-refractivity contribution in [2.45, 2.75) is 25.8 Å². The molecule has 6 N–H and O–H groups in total. The Morgan fingerprint density at radius 2 is 1.24 bits per heavy atom. The Morgan fingerprint density at radius 1 is 0.714 bits per heavy atom. The van der Waals surface area contributed by atoms with Gasteiger partial charge in [-0.1, -0.05) is 42.2 Å². The summed E-state index contributed by atoms with van der Waals surface area (Å²) in [6, 6.07) is 15.4.